The second kappa shape index (κ2) is 10.2. The molecule has 0 bridgehead atoms. The summed E-state index contributed by atoms with van der Waals surface area (Å²) >= 11 is 11.9. The number of para-hydroxylation sites is 1. The maximum absolute atomic E-state index is 14.1. The summed E-state index contributed by atoms with van der Waals surface area (Å²) in [5, 5.41) is 2.89. The Balaban J connectivity index is 1.49. The molecule has 0 unspecified atom stereocenters. The van der Waals surface area contributed by atoms with Gasteiger partial charge < -0.3 is 14.5 Å². The molecule has 0 aliphatic carbocycles. The van der Waals surface area contributed by atoms with E-state index in [9.17, 15) is 18.0 Å². The number of carbonyl (C=O) groups excluding carboxylic acids is 1. The van der Waals surface area contributed by atoms with E-state index in [0.29, 0.717) is 27.7 Å². The van der Waals surface area contributed by atoms with Crippen LogP contribution in [0.15, 0.2) is 71.1 Å². The number of hydrogen-bond donors (Lipinski definition) is 1. The summed E-state index contributed by atoms with van der Waals surface area (Å²) in [5.41, 5.74) is 0.386. The Kier molecular flexibility index (Phi) is 7.14. The number of anilines is 1. The molecule has 0 radical (unpaired) electrons. The van der Waals surface area contributed by atoms with Crippen LogP contribution in [0.1, 0.15) is 27.4 Å². The van der Waals surface area contributed by atoms with E-state index in [2.05, 4.69) is 5.32 Å². The fraction of sp³-hybridized carbons (Fsp3) is 0.0800. The Labute approximate surface area is 202 Å². The highest BCUT2D eigenvalue weighted by atomic mass is 35.5. The number of benzene rings is 3. The molecule has 1 heterocycles. The number of furan rings is 1. The van der Waals surface area contributed by atoms with Crippen molar-refractivity contribution in [3.63, 3.8) is 0 Å². The molecule has 0 spiro atoms. The van der Waals surface area contributed by atoms with E-state index in [1.807, 2.05) is 0 Å². The van der Waals surface area contributed by atoms with Gasteiger partial charge in [0.05, 0.1) is 0 Å². The molecule has 1 amide bonds. The van der Waals surface area contributed by atoms with Crippen molar-refractivity contribution in [2.75, 3.05) is 5.32 Å². The Morgan fingerprint density at radius 3 is 2.29 bits per heavy atom. The molecule has 4 rings (SSSR count). The number of halogens is 5. The molecular formula is C25H16Cl2F3NO3. The zero-order chi connectivity index (χ0) is 24.2. The van der Waals surface area contributed by atoms with Gasteiger partial charge in [-0.05, 0) is 54.6 Å². The zero-order valence-electron chi connectivity index (χ0n) is 17.4. The highest BCUT2D eigenvalue weighted by molar-refractivity contribution is 6.30. The normalized spacial score (nSPS) is 10.9. The Morgan fingerprint density at radius 2 is 1.56 bits per heavy atom. The van der Waals surface area contributed by atoms with Crippen LogP contribution in [0.2, 0.25) is 10.0 Å². The van der Waals surface area contributed by atoms with Crippen molar-refractivity contribution in [1.29, 1.82) is 0 Å². The monoisotopic (exact) mass is 505 g/mol. The molecule has 1 aromatic heterocycles. The minimum atomic E-state index is -0.905. The van der Waals surface area contributed by atoms with Crippen LogP contribution in [0, 0.1) is 17.5 Å². The molecule has 0 aliphatic rings. The third-order valence-electron chi connectivity index (χ3n) is 4.87. The van der Waals surface area contributed by atoms with E-state index < -0.39 is 29.0 Å². The number of rotatable bonds is 7. The van der Waals surface area contributed by atoms with Crippen molar-refractivity contribution in [3.05, 3.63) is 117 Å². The summed E-state index contributed by atoms with van der Waals surface area (Å²) in [6.07, 6.45) is 0.195. The third-order valence-corrected chi connectivity index (χ3v) is 5.34. The number of hydrogen-bond acceptors (Lipinski definition) is 3. The maximum atomic E-state index is 14.1. The lowest BCUT2D eigenvalue weighted by atomic mass is 10.1. The van der Waals surface area contributed by atoms with Crippen LogP contribution >= 0.6 is 23.2 Å². The Morgan fingerprint density at radius 1 is 0.853 bits per heavy atom. The first-order chi connectivity index (χ1) is 16.3. The maximum Gasteiger partial charge on any atom is 0.291 e. The summed E-state index contributed by atoms with van der Waals surface area (Å²) in [5.74, 6) is -2.42. The highest BCUT2D eigenvalue weighted by Crippen LogP contribution is 2.28. The van der Waals surface area contributed by atoms with Gasteiger partial charge in [0.2, 0.25) is 0 Å². The molecule has 34 heavy (non-hydrogen) atoms. The standard InChI is InChI=1S/C25H16Cl2F3NO3/c26-16-6-8-22(33-13-14-4-5-17(27)12-21(14)30)15(10-16)11-18-7-9-23(34-18)25(32)31-24-19(28)2-1-3-20(24)29/h1-10,12H,11,13H2,(H,31,32). The minimum absolute atomic E-state index is 0.0440. The summed E-state index contributed by atoms with van der Waals surface area (Å²) in [6, 6.07) is 15.4. The van der Waals surface area contributed by atoms with Crippen molar-refractivity contribution in [2.45, 2.75) is 13.0 Å². The van der Waals surface area contributed by atoms with Crippen LogP contribution in [0.3, 0.4) is 0 Å². The number of nitrogens with one attached hydrogen (secondary N) is 1. The molecule has 174 valence electrons. The number of ether oxygens (including phenoxy) is 1. The summed E-state index contributed by atoms with van der Waals surface area (Å²) in [4.78, 5) is 12.4. The molecule has 4 aromatic rings. The lowest BCUT2D eigenvalue weighted by Crippen LogP contribution is -2.13. The van der Waals surface area contributed by atoms with Gasteiger partial charge in [-0.2, -0.15) is 0 Å². The topological polar surface area (TPSA) is 51.5 Å². The highest BCUT2D eigenvalue weighted by Gasteiger charge is 2.17. The quantitative estimate of drug-likeness (QED) is 0.284. The zero-order valence-corrected chi connectivity index (χ0v) is 18.9. The van der Waals surface area contributed by atoms with E-state index in [-0.39, 0.29) is 23.8 Å². The Hall–Kier alpha value is -3.42. The van der Waals surface area contributed by atoms with Crippen molar-refractivity contribution in [1.82, 2.24) is 0 Å². The second-order valence-electron chi connectivity index (χ2n) is 7.27. The van der Waals surface area contributed by atoms with Crippen LogP contribution in [0.25, 0.3) is 0 Å². The molecule has 0 saturated carbocycles. The van der Waals surface area contributed by atoms with Gasteiger partial charge in [-0.1, -0.05) is 35.3 Å². The van der Waals surface area contributed by atoms with Crippen LogP contribution in [-0.4, -0.2) is 5.91 Å². The SMILES string of the molecule is O=C(Nc1c(F)cccc1F)c1ccc(Cc2cc(Cl)ccc2OCc2ccc(Cl)cc2F)o1. The average molecular weight is 506 g/mol. The fourth-order valence-corrected chi connectivity index (χ4v) is 3.55. The third kappa shape index (κ3) is 5.55. The largest absolute Gasteiger partial charge is 0.488 e. The number of amides is 1. The molecule has 0 atom stereocenters. The van der Waals surface area contributed by atoms with E-state index in [0.717, 1.165) is 12.1 Å². The number of carbonyl (C=O) groups is 1. The first kappa shape index (κ1) is 23.7. The van der Waals surface area contributed by atoms with E-state index in [1.54, 1.807) is 30.3 Å². The smallest absolute Gasteiger partial charge is 0.291 e. The molecule has 0 saturated heterocycles. The van der Waals surface area contributed by atoms with Crippen molar-refractivity contribution >= 4 is 34.8 Å². The summed E-state index contributed by atoms with van der Waals surface area (Å²) < 4.78 is 53.0. The van der Waals surface area contributed by atoms with Gasteiger partial charge in [-0.25, -0.2) is 13.2 Å². The van der Waals surface area contributed by atoms with Crippen LogP contribution < -0.4 is 10.1 Å². The predicted molar refractivity (Wildman–Crippen MR) is 123 cm³/mol. The van der Waals surface area contributed by atoms with Crippen LogP contribution in [0.5, 0.6) is 5.75 Å². The molecule has 1 N–H and O–H groups in total. The van der Waals surface area contributed by atoms with E-state index in [1.165, 1.54) is 24.3 Å². The van der Waals surface area contributed by atoms with E-state index in [4.69, 9.17) is 32.4 Å². The van der Waals surface area contributed by atoms with Crippen LogP contribution in [0.4, 0.5) is 18.9 Å². The summed E-state index contributed by atoms with van der Waals surface area (Å²) in [7, 11) is 0. The van der Waals surface area contributed by atoms with Gasteiger partial charge in [0, 0.05) is 27.6 Å². The lowest BCUT2D eigenvalue weighted by Gasteiger charge is -2.12. The molecule has 9 heteroatoms. The first-order valence-corrected chi connectivity index (χ1v) is 10.7. The first-order valence-electron chi connectivity index (χ1n) is 9.99. The van der Waals surface area contributed by atoms with Gasteiger partial charge in [0.1, 0.15) is 41.3 Å². The Bertz CT molecular complexity index is 1340. The van der Waals surface area contributed by atoms with Crippen molar-refractivity contribution < 1.29 is 27.1 Å². The molecule has 0 fully saturated rings. The predicted octanol–water partition coefficient (Wildman–Crippen LogP) is 7.43. The minimum Gasteiger partial charge on any atom is -0.488 e. The van der Waals surface area contributed by atoms with Gasteiger partial charge >= 0.3 is 0 Å². The molecular weight excluding hydrogens is 490 g/mol. The van der Waals surface area contributed by atoms with Crippen molar-refractivity contribution in [3.8, 4) is 5.75 Å². The molecule has 0 aliphatic heterocycles. The summed E-state index contributed by atoms with van der Waals surface area (Å²) in [6.45, 7) is -0.0440. The molecule has 3 aromatic carbocycles. The average Bonchev–Trinajstić information content (AvgIpc) is 3.25. The van der Waals surface area contributed by atoms with Crippen LogP contribution in [-0.2, 0) is 13.0 Å². The van der Waals surface area contributed by atoms with E-state index >= 15 is 0 Å². The van der Waals surface area contributed by atoms with Crippen molar-refractivity contribution in [2.24, 2.45) is 0 Å². The van der Waals surface area contributed by atoms with Gasteiger partial charge in [-0.3, -0.25) is 4.79 Å². The van der Waals surface area contributed by atoms with Gasteiger partial charge in [0.25, 0.3) is 5.91 Å². The lowest BCUT2D eigenvalue weighted by molar-refractivity contribution is 0.0994. The van der Waals surface area contributed by atoms with Gasteiger partial charge in [-0.15, -0.1) is 0 Å². The fourth-order valence-electron chi connectivity index (χ4n) is 3.20. The van der Waals surface area contributed by atoms with Gasteiger partial charge in [0.15, 0.2) is 5.76 Å². The second-order valence-corrected chi connectivity index (χ2v) is 8.14. The molecule has 4 nitrogen and oxygen atoms in total.